The van der Waals surface area contributed by atoms with Gasteiger partial charge in [0, 0.05) is 32.7 Å². The lowest BCUT2D eigenvalue weighted by Crippen LogP contribution is -2.38. The van der Waals surface area contributed by atoms with Gasteiger partial charge in [0.05, 0.1) is 0 Å². The van der Waals surface area contributed by atoms with E-state index in [4.69, 9.17) is 0 Å². The van der Waals surface area contributed by atoms with Crippen LogP contribution in [0.2, 0.25) is 0 Å². The van der Waals surface area contributed by atoms with Gasteiger partial charge in [0.15, 0.2) is 5.96 Å². The van der Waals surface area contributed by atoms with E-state index < -0.39 is 0 Å². The number of aliphatic imine (C=N–C) groups is 1. The van der Waals surface area contributed by atoms with Crippen molar-refractivity contribution in [2.45, 2.75) is 52.2 Å². The summed E-state index contributed by atoms with van der Waals surface area (Å²) in [6.45, 7) is 9.03. The number of hydrogen-bond donors (Lipinski definition) is 2. The molecule has 1 aromatic rings. The van der Waals surface area contributed by atoms with E-state index in [1.807, 2.05) is 7.05 Å². The Bertz CT molecular complexity index is 551. The standard InChI is InChI=1S/C20H32N4/c1-15-5-4-10-24(13-15)14-18-8-6-17(7-9-18)12-22-20(21-3)23-19-11-16(19)2/h6-9,15-16,19H,4-5,10-14H2,1-3H3,(H2,21,22,23). The maximum absolute atomic E-state index is 4.31. The number of likely N-dealkylation sites (tertiary alicyclic amines) is 1. The molecule has 2 aliphatic rings. The molecule has 1 aliphatic heterocycles. The zero-order valence-electron chi connectivity index (χ0n) is 15.4. The highest BCUT2D eigenvalue weighted by molar-refractivity contribution is 5.80. The van der Waals surface area contributed by atoms with Gasteiger partial charge in [-0.05, 0) is 48.8 Å². The second-order valence-electron chi connectivity index (χ2n) is 7.69. The minimum absolute atomic E-state index is 0.602. The summed E-state index contributed by atoms with van der Waals surface area (Å²) in [7, 11) is 1.84. The Morgan fingerprint density at radius 1 is 1.21 bits per heavy atom. The van der Waals surface area contributed by atoms with Crippen LogP contribution in [0, 0.1) is 11.8 Å². The lowest BCUT2D eigenvalue weighted by molar-refractivity contribution is 0.176. The fourth-order valence-corrected chi connectivity index (χ4v) is 3.53. The average molecular weight is 329 g/mol. The Morgan fingerprint density at radius 3 is 2.54 bits per heavy atom. The molecule has 0 radical (unpaired) electrons. The van der Waals surface area contributed by atoms with Crippen molar-refractivity contribution in [2.24, 2.45) is 16.8 Å². The second kappa shape index (κ2) is 8.02. The molecule has 3 unspecified atom stereocenters. The topological polar surface area (TPSA) is 39.7 Å². The zero-order chi connectivity index (χ0) is 16.9. The molecule has 24 heavy (non-hydrogen) atoms. The van der Waals surface area contributed by atoms with Crippen molar-refractivity contribution in [3.05, 3.63) is 35.4 Å². The summed E-state index contributed by atoms with van der Waals surface area (Å²) >= 11 is 0. The number of guanidine groups is 1. The van der Waals surface area contributed by atoms with Crippen molar-refractivity contribution in [1.82, 2.24) is 15.5 Å². The lowest BCUT2D eigenvalue weighted by atomic mass is 9.99. The summed E-state index contributed by atoms with van der Waals surface area (Å²) in [5.41, 5.74) is 2.72. The van der Waals surface area contributed by atoms with Crippen molar-refractivity contribution < 1.29 is 0 Å². The van der Waals surface area contributed by atoms with Crippen LogP contribution in [-0.4, -0.2) is 37.0 Å². The third kappa shape index (κ3) is 4.97. The average Bonchev–Trinajstić information content (AvgIpc) is 3.28. The van der Waals surface area contributed by atoms with E-state index in [1.54, 1.807) is 0 Å². The number of benzene rings is 1. The van der Waals surface area contributed by atoms with Crippen LogP contribution in [0.3, 0.4) is 0 Å². The maximum Gasteiger partial charge on any atom is 0.191 e. The monoisotopic (exact) mass is 328 g/mol. The van der Waals surface area contributed by atoms with E-state index in [1.165, 1.54) is 43.5 Å². The molecule has 1 aromatic carbocycles. The number of nitrogens with zero attached hydrogens (tertiary/aromatic N) is 2. The Labute approximate surface area is 146 Å². The minimum atomic E-state index is 0.602. The summed E-state index contributed by atoms with van der Waals surface area (Å²) in [6.07, 6.45) is 3.98. The van der Waals surface area contributed by atoms with Gasteiger partial charge in [-0.25, -0.2) is 0 Å². The van der Waals surface area contributed by atoms with Crippen molar-refractivity contribution in [2.75, 3.05) is 20.1 Å². The molecule has 0 aromatic heterocycles. The van der Waals surface area contributed by atoms with E-state index in [2.05, 4.69) is 58.6 Å². The van der Waals surface area contributed by atoms with Crippen LogP contribution in [0.25, 0.3) is 0 Å². The molecule has 2 N–H and O–H groups in total. The van der Waals surface area contributed by atoms with Crippen LogP contribution >= 0.6 is 0 Å². The van der Waals surface area contributed by atoms with Crippen molar-refractivity contribution in [1.29, 1.82) is 0 Å². The van der Waals surface area contributed by atoms with E-state index in [9.17, 15) is 0 Å². The highest BCUT2D eigenvalue weighted by Gasteiger charge is 2.33. The third-order valence-electron chi connectivity index (χ3n) is 5.29. The van der Waals surface area contributed by atoms with E-state index in [0.717, 1.165) is 30.9 Å². The molecule has 0 spiro atoms. The summed E-state index contributed by atoms with van der Waals surface area (Å²) in [4.78, 5) is 6.89. The van der Waals surface area contributed by atoms with E-state index in [0.29, 0.717) is 6.04 Å². The van der Waals surface area contributed by atoms with Gasteiger partial charge < -0.3 is 10.6 Å². The number of hydrogen-bond acceptors (Lipinski definition) is 2. The van der Waals surface area contributed by atoms with Crippen LogP contribution in [-0.2, 0) is 13.1 Å². The first-order valence-electron chi connectivity index (χ1n) is 9.41. The molecular weight excluding hydrogens is 296 g/mol. The molecule has 1 aliphatic carbocycles. The van der Waals surface area contributed by atoms with Gasteiger partial charge in [-0.15, -0.1) is 0 Å². The highest BCUT2D eigenvalue weighted by Crippen LogP contribution is 2.28. The predicted octanol–water partition coefficient (Wildman–Crippen LogP) is 2.99. The SMILES string of the molecule is CN=C(NCc1ccc(CN2CCCC(C)C2)cc1)NC1CC1C. The maximum atomic E-state index is 4.31. The first-order valence-corrected chi connectivity index (χ1v) is 9.41. The quantitative estimate of drug-likeness (QED) is 0.645. The molecule has 1 heterocycles. The molecular formula is C20H32N4. The summed E-state index contributed by atoms with van der Waals surface area (Å²) in [5.74, 6) is 2.53. The van der Waals surface area contributed by atoms with Gasteiger partial charge in [-0.1, -0.05) is 38.1 Å². The highest BCUT2D eigenvalue weighted by atomic mass is 15.2. The van der Waals surface area contributed by atoms with Gasteiger partial charge in [0.1, 0.15) is 0 Å². The minimum Gasteiger partial charge on any atom is -0.353 e. The van der Waals surface area contributed by atoms with E-state index >= 15 is 0 Å². The summed E-state index contributed by atoms with van der Waals surface area (Å²) < 4.78 is 0. The van der Waals surface area contributed by atoms with Gasteiger partial charge in [0.25, 0.3) is 0 Å². The molecule has 3 atom stereocenters. The zero-order valence-corrected chi connectivity index (χ0v) is 15.4. The fourth-order valence-electron chi connectivity index (χ4n) is 3.53. The van der Waals surface area contributed by atoms with Crippen molar-refractivity contribution in [3.8, 4) is 0 Å². The first-order chi connectivity index (χ1) is 11.6. The molecule has 4 heteroatoms. The predicted molar refractivity (Wildman–Crippen MR) is 101 cm³/mol. The Morgan fingerprint density at radius 2 is 1.92 bits per heavy atom. The lowest BCUT2D eigenvalue weighted by Gasteiger charge is -2.30. The van der Waals surface area contributed by atoms with Crippen LogP contribution in [0.1, 0.15) is 44.2 Å². The summed E-state index contributed by atoms with van der Waals surface area (Å²) in [6, 6.07) is 9.63. The van der Waals surface area contributed by atoms with Gasteiger partial charge in [-0.3, -0.25) is 9.89 Å². The van der Waals surface area contributed by atoms with Crippen molar-refractivity contribution >= 4 is 5.96 Å². The van der Waals surface area contributed by atoms with Gasteiger partial charge >= 0.3 is 0 Å². The third-order valence-corrected chi connectivity index (χ3v) is 5.29. The largest absolute Gasteiger partial charge is 0.353 e. The Hall–Kier alpha value is -1.55. The first kappa shape index (κ1) is 17.3. The molecule has 1 saturated heterocycles. The number of piperidine rings is 1. The number of rotatable bonds is 5. The summed E-state index contributed by atoms with van der Waals surface area (Å²) in [5, 5.41) is 6.88. The molecule has 4 nitrogen and oxygen atoms in total. The Kier molecular flexibility index (Phi) is 5.77. The number of nitrogens with one attached hydrogen (secondary N) is 2. The van der Waals surface area contributed by atoms with Crippen LogP contribution in [0.15, 0.2) is 29.3 Å². The second-order valence-corrected chi connectivity index (χ2v) is 7.69. The van der Waals surface area contributed by atoms with Crippen LogP contribution in [0.5, 0.6) is 0 Å². The van der Waals surface area contributed by atoms with Crippen LogP contribution < -0.4 is 10.6 Å². The van der Waals surface area contributed by atoms with Crippen LogP contribution in [0.4, 0.5) is 0 Å². The van der Waals surface area contributed by atoms with Gasteiger partial charge in [-0.2, -0.15) is 0 Å². The molecule has 3 rings (SSSR count). The fraction of sp³-hybridized carbons (Fsp3) is 0.650. The molecule has 1 saturated carbocycles. The van der Waals surface area contributed by atoms with E-state index in [-0.39, 0.29) is 0 Å². The van der Waals surface area contributed by atoms with Gasteiger partial charge in [0.2, 0.25) is 0 Å². The smallest absolute Gasteiger partial charge is 0.191 e. The Balaban J connectivity index is 1.45. The normalized spacial score (nSPS) is 27.8. The molecule has 0 bridgehead atoms. The molecule has 0 amide bonds. The molecule has 132 valence electrons. The molecule has 2 fully saturated rings. The van der Waals surface area contributed by atoms with Crippen molar-refractivity contribution in [3.63, 3.8) is 0 Å².